The van der Waals surface area contributed by atoms with Gasteiger partial charge in [-0.05, 0) is 98.9 Å². The standard InChI is InChI=1S/C32H32N4O4S/c37-32-28(20-24-18-23-19-25(9-11-29(23)33-24)40-17-16-35-13-3-4-14-35)27-21-26(10-12-30(27)34-32)41(38,39)36-15-5-7-22-6-1-2-8-31(22)36/h1-2,6,8-12,18-21,33H,3-5,7,13-17H2,(H,34,37). The maximum atomic E-state index is 13.8. The summed E-state index contributed by atoms with van der Waals surface area (Å²) < 4.78 is 35.0. The summed E-state index contributed by atoms with van der Waals surface area (Å²) in [5.41, 5.74) is 5.04. The van der Waals surface area contributed by atoms with E-state index >= 15 is 0 Å². The fraction of sp³-hybridized carbons (Fsp3) is 0.281. The van der Waals surface area contributed by atoms with Crippen LogP contribution in [0.25, 0.3) is 22.6 Å². The molecule has 0 radical (unpaired) electrons. The summed E-state index contributed by atoms with van der Waals surface area (Å²) in [5, 5.41) is 3.86. The number of sulfonamides is 1. The van der Waals surface area contributed by atoms with Crippen LogP contribution in [0.1, 0.15) is 36.1 Å². The summed E-state index contributed by atoms with van der Waals surface area (Å²) in [4.78, 5) is 18.9. The van der Waals surface area contributed by atoms with Gasteiger partial charge >= 0.3 is 0 Å². The zero-order valence-electron chi connectivity index (χ0n) is 22.7. The molecule has 1 aromatic heterocycles. The van der Waals surface area contributed by atoms with Gasteiger partial charge in [0.1, 0.15) is 12.4 Å². The molecule has 1 fully saturated rings. The van der Waals surface area contributed by atoms with Gasteiger partial charge < -0.3 is 15.0 Å². The molecule has 1 saturated heterocycles. The maximum Gasteiger partial charge on any atom is 0.264 e. The molecule has 41 heavy (non-hydrogen) atoms. The number of rotatable bonds is 7. The van der Waals surface area contributed by atoms with Crippen molar-refractivity contribution in [2.75, 3.05) is 42.4 Å². The number of nitrogens with one attached hydrogen (secondary N) is 2. The molecular weight excluding hydrogens is 536 g/mol. The van der Waals surface area contributed by atoms with Gasteiger partial charge in [0, 0.05) is 40.9 Å². The summed E-state index contributed by atoms with van der Waals surface area (Å²) in [6.45, 7) is 4.30. The van der Waals surface area contributed by atoms with Crippen molar-refractivity contribution in [3.05, 3.63) is 83.6 Å². The molecule has 0 aliphatic carbocycles. The lowest BCUT2D eigenvalue weighted by Gasteiger charge is -2.30. The van der Waals surface area contributed by atoms with Crippen molar-refractivity contribution >= 4 is 49.9 Å². The van der Waals surface area contributed by atoms with Gasteiger partial charge in [0.25, 0.3) is 15.9 Å². The van der Waals surface area contributed by atoms with Crippen LogP contribution in [0.2, 0.25) is 0 Å². The number of hydrogen-bond acceptors (Lipinski definition) is 5. The van der Waals surface area contributed by atoms with Crippen molar-refractivity contribution in [3.63, 3.8) is 0 Å². The van der Waals surface area contributed by atoms with E-state index in [9.17, 15) is 13.2 Å². The van der Waals surface area contributed by atoms with Gasteiger partial charge in [-0.15, -0.1) is 0 Å². The first-order valence-corrected chi connectivity index (χ1v) is 15.7. The van der Waals surface area contributed by atoms with Crippen LogP contribution in [0.15, 0.2) is 71.6 Å². The van der Waals surface area contributed by atoms with Gasteiger partial charge in [-0.25, -0.2) is 8.42 Å². The first-order valence-electron chi connectivity index (χ1n) is 14.2. The molecule has 8 nitrogen and oxygen atoms in total. The Morgan fingerprint density at radius 3 is 2.66 bits per heavy atom. The zero-order valence-corrected chi connectivity index (χ0v) is 23.5. The lowest BCUT2D eigenvalue weighted by Crippen LogP contribution is -2.35. The second-order valence-corrected chi connectivity index (χ2v) is 12.8. The molecule has 3 aliphatic rings. The number of carbonyl (C=O) groups excluding carboxylic acids is 1. The quantitative estimate of drug-likeness (QED) is 0.296. The highest BCUT2D eigenvalue weighted by molar-refractivity contribution is 7.92. The van der Waals surface area contributed by atoms with Crippen molar-refractivity contribution in [2.45, 2.75) is 30.6 Å². The van der Waals surface area contributed by atoms with Crippen LogP contribution in [0.4, 0.5) is 11.4 Å². The third-order valence-electron chi connectivity index (χ3n) is 8.22. The highest BCUT2D eigenvalue weighted by atomic mass is 32.2. The van der Waals surface area contributed by atoms with Crippen LogP contribution < -0.4 is 14.4 Å². The van der Waals surface area contributed by atoms with E-state index in [0.29, 0.717) is 30.0 Å². The molecule has 0 bridgehead atoms. The van der Waals surface area contributed by atoms with Gasteiger partial charge in [-0.3, -0.25) is 14.0 Å². The molecule has 4 heterocycles. The van der Waals surface area contributed by atoms with Crippen molar-refractivity contribution < 1.29 is 17.9 Å². The predicted octanol–water partition coefficient (Wildman–Crippen LogP) is 5.28. The van der Waals surface area contributed by atoms with Crippen LogP contribution in [0, 0.1) is 0 Å². The van der Waals surface area contributed by atoms with Crippen molar-refractivity contribution in [1.82, 2.24) is 9.88 Å². The van der Waals surface area contributed by atoms with E-state index in [0.717, 1.165) is 66.1 Å². The molecule has 0 saturated carbocycles. The second-order valence-electron chi connectivity index (χ2n) is 10.9. The summed E-state index contributed by atoms with van der Waals surface area (Å²) in [7, 11) is -3.81. The number of aryl methyl sites for hydroxylation is 1. The minimum absolute atomic E-state index is 0.169. The average Bonchev–Trinajstić information content (AvgIpc) is 3.71. The third-order valence-corrected chi connectivity index (χ3v) is 10.0. The fourth-order valence-electron chi connectivity index (χ4n) is 6.10. The van der Waals surface area contributed by atoms with Crippen LogP contribution in [-0.4, -0.2) is 57.0 Å². The van der Waals surface area contributed by atoms with Gasteiger partial charge in [-0.1, -0.05) is 18.2 Å². The van der Waals surface area contributed by atoms with Crippen LogP contribution in [-0.2, 0) is 21.2 Å². The van der Waals surface area contributed by atoms with Crippen LogP contribution in [0.5, 0.6) is 5.75 Å². The predicted molar refractivity (Wildman–Crippen MR) is 162 cm³/mol. The number of aromatic nitrogens is 1. The Bertz CT molecular complexity index is 1790. The number of amides is 1. The van der Waals surface area contributed by atoms with Crippen molar-refractivity contribution in [1.29, 1.82) is 0 Å². The number of H-pyrrole nitrogens is 1. The van der Waals surface area contributed by atoms with Gasteiger partial charge in [0.2, 0.25) is 0 Å². The van der Waals surface area contributed by atoms with E-state index in [1.165, 1.54) is 17.1 Å². The smallest absolute Gasteiger partial charge is 0.264 e. The van der Waals surface area contributed by atoms with Gasteiger partial charge in [0.15, 0.2) is 0 Å². The number of hydrogen-bond donors (Lipinski definition) is 2. The van der Waals surface area contributed by atoms with Crippen molar-refractivity contribution in [3.8, 4) is 5.75 Å². The number of fused-ring (bicyclic) bond motifs is 3. The monoisotopic (exact) mass is 568 g/mol. The molecule has 3 aliphatic heterocycles. The summed E-state index contributed by atoms with van der Waals surface area (Å²) in [6.07, 6.45) is 5.93. The Morgan fingerprint density at radius 2 is 1.78 bits per heavy atom. The maximum absolute atomic E-state index is 13.8. The molecule has 0 spiro atoms. The SMILES string of the molecule is O=C1Nc2ccc(S(=O)(=O)N3CCCc4ccccc43)cc2C1=Cc1cc2cc(OCCN3CCCC3)ccc2[nH]1. The Hall–Kier alpha value is -4.08. The van der Waals surface area contributed by atoms with E-state index < -0.39 is 10.0 Å². The molecule has 7 rings (SSSR count). The summed E-state index contributed by atoms with van der Waals surface area (Å²) in [5.74, 6) is 0.551. The molecule has 2 N–H and O–H groups in total. The highest BCUT2D eigenvalue weighted by Gasteiger charge is 2.32. The number of likely N-dealkylation sites (tertiary alicyclic amines) is 1. The molecule has 0 unspecified atom stereocenters. The molecule has 0 atom stereocenters. The number of aromatic amines is 1. The van der Waals surface area contributed by atoms with Crippen LogP contribution in [0.3, 0.4) is 0 Å². The first kappa shape index (κ1) is 25.9. The van der Waals surface area contributed by atoms with E-state index in [-0.39, 0.29) is 10.8 Å². The van der Waals surface area contributed by atoms with E-state index in [4.69, 9.17) is 4.74 Å². The van der Waals surface area contributed by atoms with Crippen molar-refractivity contribution in [2.24, 2.45) is 0 Å². The number of carbonyl (C=O) groups is 1. The Labute approximate surface area is 239 Å². The Balaban J connectivity index is 1.16. The molecule has 9 heteroatoms. The highest BCUT2D eigenvalue weighted by Crippen LogP contribution is 2.38. The lowest BCUT2D eigenvalue weighted by atomic mass is 10.0. The van der Waals surface area contributed by atoms with Gasteiger partial charge in [0.05, 0.1) is 16.2 Å². The zero-order chi connectivity index (χ0) is 28.0. The molecule has 210 valence electrons. The topological polar surface area (TPSA) is 94.7 Å². The summed E-state index contributed by atoms with van der Waals surface area (Å²) >= 11 is 0. The lowest BCUT2D eigenvalue weighted by molar-refractivity contribution is -0.110. The largest absolute Gasteiger partial charge is 0.492 e. The number of anilines is 2. The normalized spacial score (nSPS) is 18.1. The van der Waals surface area contributed by atoms with E-state index in [1.54, 1.807) is 24.3 Å². The van der Waals surface area contributed by atoms with Gasteiger partial charge in [-0.2, -0.15) is 0 Å². The fourth-order valence-corrected chi connectivity index (χ4v) is 7.67. The number of para-hydroxylation sites is 1. The molecule has 1 amide bonds. The number of benzene rings is 3. The minimum Gasteiger partial charge on any atom is -0.492 e. The number of nitrogens with zero attached hydrogens (tertiary/aromatic N) is 2. The minimum atomic E-state index is -3.81. The summed E-state index contributed by atoms with van der Waals surface area (Å²) in [6, 6.07) is 20.4. The number of ether oxygens (including phenoxy) is 1. The molecule has 4 aromatic rings. The third kappa shape index (κ3) is 4.89. The Kier molecular flexibility index (Phi) is 6.55. The molecular formula is C32H32N4O4S. The molecule has 3 aromatic carbocycles. The Morgan fingerprint density at radius 1 is 0.927 bits per heavy atom. The van der Waals surface area contributed by atoms with E-state index in [2.05, 4.69) is 15.2 Å². The van der Waals surface area contributed by atoms with E-state index in [1.807, 2.05) is 48.5 Å². The van der Waals surface area contributed by atoms with Crippen LogP contribution >= 0.6 is 0 Å². The first-order chi connectivity index (χ1) is 20.0. The second kappa shape index (κ2) is 10.4. The average molecular weight is 569 g/mol.